The number of carbonyl (C=O) groups excluding carboxylic acids is 2. The van der Waals surface area contributed by atoms with Gasteiger partial charge in [-0.3, -0.25) is 14.6 Å². The van der Waals surface area contributed by atoms with Gasteiger partial charge in [-0.05, 0) is 68.2 Å². The van der Waals surface area contributed by atoms with Crippen LogP contribution < -0.4 is 10.3 Å². The molecule has 4 rings (SSSR count). The number of piperidine rings is 1. The summed E-state index contributed by atoms with van der Waals surface area (Å²) in [5.41, 5.74) is 0.000629. The zero-order valence-electron chi connectivity index (χ0n) is 23.7. The Kier molecular flexibility index (Phi) is 9.99. The SMILES string of the molecule is Cc1cnccc1N(C(=O)c1ccco1)[N+]1(CCC2(CC(=O)NC(CO)(CO)CO)CCCCC2)CCCCC1. The predicted octanol–water partition coefficient (Wildman–Crippen LogP) is 3.11. The second kappa shape index (κ2) is 13.2. The fourth-order valence-corrected chi connectivity index (χ4v) is 6.57. The van der Waals surface area contributed by atoms with Gasteiger partial charge in [-0.1, -0.05) is 19.3 Å². The Labute approximate surface area is 236 Å². The number of carbonyl (C=O) groups is 2. The molecule has 2 amide bonds. The average molecular weight is 558 g/mol. The van der Waals surface area contributed by atoms with Crippen molar-refractivity contribution in [3.05, 3.63) is 48.2 Å². The quantitative estimate of drug-likeness (QED) is 0.295. The Morgan fingerprint density at radius 2 is 1.73 bits per heavy atom. The van der Waals surface area contributed by atoms with Crippen LogP contribution in [0.1, 0.15) is 80.3 Å². The number of quaternary nitrogens is 1. The summed E-state index contributed by atoms with van der Waals surface area (Å²) in [6.45, 7) is 2.62. The number of hydrogen-bond acceptors (Lipinski definition) is 7. The normalized spacial score (nSPS) is 18.7. The monoisotopic (exact) mass is 557 g/mol. The second-order valence-electron chi connectivity index (χ2n) is 11.9. The molecule has 2 aliphatic rings. The summed E-state index contributed by atoms with van der Waals surface area (Å²) >= 11 is 0. The first-order chi connectivity index (χ1) is 19.3. The number of nitrogens with zero attached hydrogens (tertiary/aromatic N) is 3. The highest BCUT2D eigenvalue weighted by atomic mass is 16.3. The molecular weight excluding hydrogens is 512 g/mol. The molecule has 220 valence electrons. The van der Waals surface area contributed by atoms with Crippen molar-refractivity contribution < 1.29 is 33.9 Å². The maximum absolute atomic E-state index is 14.1. The van der Waals surface area contributed by atoms with Crippen LogP contribution in [0.3, 0.4) is 0 Å². The summed E-state index contributed by atoms with van der Waals surface area (Å²) in [6, 6.07) is 5.33. The molecule has 1 aliphatic heterocycles. The molecule has 0 aromatic carbocycles. The van der Waals surface area contributed by atoms with E-state index in [2.05, 4.69) is 10.3 Å². The minimum Gasteiger partial charge on any atom is -0.459 e. The standard InChI is InChI=1S/C30H44N4O6/c1-24-20-31-14-10-25(24)33(28(39)26-9-8-18-40-26)34(15-6-3-7-16-34)17-13-29(11-4-2-5-12-29)19-27(38)32-30(21-35,22-36)23-37/h8-10,14,18,20,35-37H,2-7,11-13,15-17,19,21-23H2,1H3/p+1. The lowest BCUT2D eigenvalue weighted by Gasteiger charge is -2.49. The van der Waals surface area contributed by atoms with E-state index in [4.69, 9.17) is 4.42 Å². The first-order valence-electron chi connectivity index (χ1n) is 14.6. The summed E-state index contributed by atoms with van der Waals surface area (Å²) in [5, 5.41) is 33.8. The van der Waals surface area contributed by atoms with E-state index >= 15 is 0 Å². The summed E-state index contributed by atoms with van der Waals surface area (Å²) in [6.07, 6.45) is 14.1. The molecule has 0 radical (unpaired) electrons. The lowest BCUT2D eigenvalue weighted by atomic mass is 9.69. The summed E-state index contributed by atoms with van der Waals surface area (Å²) < 4.78 is 6.05. The van der Waals surface area contributed by atoms with Gasteiger partial charge in [0.1, 0.15) is 30.9 Å². The molecule has 2 aromatic heterocycles. The van der Waals surface area contributed by atoms with Gasteiger partial charge in [-0.2, -0.15) is 0 Å². The highest BCUT2D eigenvalue weighted by Crippen LogP contribution is 2.44. The van der Waals surface area contributed by atoms with Crippen LogP contribution >= 0.6 is 0 Å². The van der Waals surface area contributed by atoms with E-state index in [0.717, 1.165) is 82.1 Å². The van der Waals surface area contributed by atoms with Gasteiger partial charge >= 0.3 is 5.91 Å². The van der Waals surface area contributed by atoms with Crippen molar-refractivity contribution >= 4 is 17.5 Å². The van der Waals surface area contributed by atoms with Crippen LogP contribution in [-0.4, -0.2) is 81.7 Å². The Morgan fingerprint density at radius 3 is 2.33 bits per heavy atom. The maximum Gasteiger partial charge on any atom is 0.339 e. The lowest BCUT2D eigenvalue weighted by molar-refractivity contribution is -0.934. The van der Waals surface area contributed by atoms with Crippen LogP contribution in [0.15, 0.2) is 41.3 Å². The van der Waals surface area contributed by atoms with Gasteiger partial charge in [-0.25, -0.2) is 4.59 Å². The molecule has 4 N–H and O–H groups in total. The van der Waals surface area contributed by atoms with E-state index in [9.17, 15) is 24.9 Å². The molecule has 1 saturated carbocycles. The Morgan fingerprint density at radius 1 is 1.05 bits per heavy atom. The summed E-state index contributed by atoms with van der Waals surface area (Å²) in [5.74, 6) is -0.174. The third-order valence-corrected chi connectivity index (χ3v) is 9.04. The molecule has 0 atom stereocenters. The van der Waals surface area contributed by atoms with E-state index in [0.29, 0.717) is 16.9 Å². The molecule has 0 unspecified atom stereocenters. The number of aliphatic hydroxyl groups is 3. The Hall–Kier alpha value is -2.79. The maximum atomic E-state index is 14.1. The van der Waals surface area contributed by atoms with Crippen molar-refractivity contribution in [2.45, 2.75) is 76.7 Å². The molecule has 40 heavy (non-hydrogen) atoms. The van der Waals surface area contributed by atoms with Crippen molar-refractivity contribution in [2.24, 2.45) is 5.41 Å². The largest absolute Gasteiger partial charge is 0.459 e. The number of rotatable bonds is 12. The van der Waals surface area contributed by atoms with Gasteiger partial charge in [0.15, 0.2) is 5.76 Å². The van der Waals surface area contributed by atoms with Gasteiger partial charge in [-0.15, -0.1) is 5.01 Å². The fourth-order valence-electron chi connectivity index (χ4n) is 6.57. The first-order valence-corrected chi connectivity index (χ1v) is 14.6. The van der Waals surface area contributed by atoms with Crippen LogP contribution in [-0.2, 0) is 4.79 Å². The zero-order valence-corrected chi connectivity index (χ0v) is 23.7. The molecule has 0 bridgehead atoms. The van der Waals surface area contributed by atoms with Crippen LogP contribution in [0, 0.1) is 12.3 Å². The molecule has 0 spiro atoms. The highest BCUT2D eigenvalue weighted by Gasteiger charge is 2.46. The first kappa shape index (κ1) is 30.2. The minimum absolute atomic E-state index is 0.185. The number of aromatic nitrogens is 1. The smallest absolute Gasteiger partial charge is 0.339 e. The van der Waals surface area contributed by atoms with E-state index in [1.54, 1.807) is 24.5 Å². The molecule has 3 heterocycles. The van der Waals surface area contributed by atoms with E-state index in [1.807, 2.05) is 18.0 Å². The third kappa shape index (κ3) is 6.57. The number of aliphatic hydroxyl groups excluding tert-OH is 3. The molecule has 1 aliphatic carbocycles. The van der Waals surface area contributed by atoms with E-state index in [1.165, 1.54) is 6.26 Å². The second-order valence-corrected chi connectivity index (χ2v) is 11.9. The van der Waals surface area contributed by atoms with Crippen molar-refractivity contribution in [2.75, 3.05) is 44.5 Å². The van der Waals surface area contributed by atoms with Crippen molar-refractivity contribution in [3.63, 3.8) is 0 Å². The Balaban J connectivity index is 1.65. The molecule has 10 heteroatoms. The van der Waals surface area contributed by atoms with Gasteiger partial charge < -0.3 is 25.1 Å². The van der Waals surface area contributed by atoms with E-state index < -0.39 is 25.4 Å². The number of pyridine rings is 1. The van der Waals surface area contributed by atoms with Crippen LogP contribution in [0.4, 0.5) is 5.69 Å². The molecule has 10 nitrogen and oxygen atoms in total. The molecular formula is C30H45N4O6+. The average Bonchev–Trinajstić information content (AvgIpc) is 3.53. The van der Waals surface area contributed by atoms with Crippen molar-refractivity contribution in [3.8, 4) is 0 Å². The number of aryl methyl sites for hydroxylation is 1. The highest BCUT2D eigenvalue weighted by molar-refractivity contribution is 6.03. The van der Waals surface area contributed by atoms with Gasteiger partial charge in [0, 0.05) is 25.2 Å². The molecule has 2 aromatic rings. The predicted molar refractivity (Wildman–Crippen MR) is 150 cm³/mol. The molecule has 2 fully saturated rings. The van der Waals surface area contributed by atoms with Gasteiger partial charge in [0.25, 0.3) is 0 Å². The van der Waals surface area contributed by atoms with Crippen LogP contribution in [0.2, 0.25) is 0 Å². The number of amides is 2. The number of hydrogen-bond donors (Lipinski definition) is 4. The summed E-state index contributed by atoms with van der Waals surface area (Å²) in [7, 11) is 0. The number of anilines is 1. The van der Waals surface area contributed by atoms with Gasteiger partial charge in [0.2, 0.25) is 5.91 Å². The molecule has 1 saturated heterocycles. The minimum atomic E-state index is -1.45. The number of likely N-dealkylation sites (tertiary alicyclic amines) is 1. The number of nitrogens with one attached hydrogen (secondary N) is 1. The van der Waals surface area contributed by atoms with Crippen molar-refractivity contribution in [1.29, 1.82) is 0 Å². The van der Waals surface area contributed by atoms with Crippen LogP contribution in [0.25, 0.3) is 0 Å². The summed E-state index contributed by atoms with van der Waals surface area (Å²) in [4.78, 5) is 31.6. The van der Waals surface area contributed by atoms with E-state index in [-0.39, 0.29) is 23.7 Å². The number of furan rings is 1. The topological polar surface area (TPSA) is 136 Å². The third-order valence-electron chi connectivity index (χ3n) is 9.04. The Bertz CT molecular complexity index is 1100. The lowest BCUT2D eigenvalue weighted by Crippen LogP contribution is -2.66. The van der Waals surface area contributed by atoms with Crippen LogP contribution in [0.5, 0.6) is 0 Å². The fraction of sp³-hybridized carbons (Fsp3) is 0.633. The zero-order chi connectivity index (χ0) is 28.6. The van der Waals surface area contributed by atoms with Gasteiger partial charge in [0.05, 0.1) is 26.1 Å². The van der Waals surface area contributed by atoms with Crippen molar-refractivity contribution in [1.82, 2.24) is 10.3 Å².